The first-order valence-electron chi connectivity index (χ1n) is 3.86. The van der Waals surface area contributed by atoms with Crippen LogP contribution in [-0.2, 0) is 14.3 Å². The number of ether oxygens (including phenoxy) is 1. The third kappa shape index (κ3) is 3.67. The lowest BCUT2D eigenvalue weighted by molar-refractivity contribution is -0.144. The molecular formula is C9H13NO3. The van der Waals surface area contributed by atoms with E-state index in [9.17, 15) is 9.59 Å². The Morgan fingerprint density at radius 1 is 1.69 bits per heavy atom. The summed E-state index contributed by atoms with van der Waals surface area (Å²) in [5.41, 5.74) is -0.750. The zero-order chi connectivity index (χ0) is 10.5. The van der Waals surface area contributed by atoms with Gasteiger partial charge in [0.05, 0.1) is 0 Å². The van der Waals surface area contributed by atoms with Gasteiger partial charge in [-0.25, -0.2) is 9.59 Å². The molecule has 0 aliphatic heterocycles. The highest BCUT2D eigenvalue weighted by atomic mass is 16.5. The maximum atomic E-state index is 10.8. The van der Waals surface area contributed by atoms with E-state index in [4.69, 9.17) is 4.74 Å². The van der Waals surface area contributed by atoms with Crippen molar-refractivity contribution in [3.05, 3.63) is 12.7 Å². The van der Waals surface area contributed by atoms with Crippen molar-refractivity contribution in [3.63, 3.8) is 0 Å². The fourth-order valence-corrected chi connectivity index (χ4v) is 0.575. The molecule has 0 aliphatic carbocycles. The maximum absolute atomic E-state index is 10.8. The van der Waals surface area contributed by atoms with Gasteiger partial charge in [0.2, 0.25) is 6.08 Å². The van der Waals surface area contributed by atoms with Gasteiger partial charge in [-0.1, -0.05) is 6.58 Å². The molecule has 0 N–H and O–H groups in total. The van der Waals surface area contributed by atoms with Gasteiger partial charge >= 0.3 is 5.97 Å². The van der Waals surface area contributed by atoms with E-state index in [0.29, 0.717) is 0 Å². The van der Waals surface area contributed by atoms with Crippen molar-refractivity contribution in [1.82, 2.24) is 0 Å². The van der Waals surface area contributed by atoms with Gasteiger partial charge < -0.3 is 4.74 Å². The number of nitrogens with zero attached hydrogens (tertiary/aromatic N) is 1. The van der Waals surface area contributed by atoms with Crippen LogP contribution in [0.5, 0.6) is 0 Å². The molecule has 4 nitrogen and oxygen atoms in total. The van der Waals surface area contributed by atoms with Crippen molar-refractivity contribution >= 4 is 12.0 Å². The zero-order valence-corrected chi connectivity index (χ0v) is 8.03. The standard InChI is InChI=1S/C9H13NO3/c1-5-8(12)13-7(2)9(3,4)10-6-11/h5,7H,1H2,2-4H3. The number of carbonyl (C=O) groups excluding carboxylic acids is 2. The number of aliphatic imine (C=N–C) groups is 1. The van der Waals surface area contributed by atoms with E-state index in [-0.39, 0.29) is 0 Å². The van der Waals surface area contributed by atoms with Gasteiger partial charge in [-0.3, -0.25) is 0 Å². The largest absolute Gasteiger partial charge is 0.457 e. The lowest BCUT2D eigenvalue weighted by Gasteiger charge is -2.24. The highest BCUT2D eigenvalue weighted by molar-refractivity contribution is 5.81. The lowest BCUT2D eigenvalue weighted by Crippen LogP contribution is -2.35. The van der Waals surface area contributed by atoms with Gasteiger partial charge in [0.1, 0.15) is 11.6 Å². The highest BCUT2D eigenvalue weighted by Gasteiger charge is 2.27. The van der Waals surface area contributed by atoms with E-state index >= 15 is 0 Å². The van der Waals surface area contributed by atoms with Crippen LogP contribution in [0, 0.1) is 0 Å². The van der Waals surface area contributed by atoms with Crippen LogP contribution >= 0.6 is 0 Å². The molecule has 0 aromatic heterocycles. The maximum Gasteiger partial charge on any atom is 0.330 e. The van der Waals surface area contributed by atoms with Crippen LogP contribution in [0.15, 0.2) is 17.6 Å². The fraction of sp³-hybridized carbons (Fsp3) is 0.556. The van der Waals surface area contributed by atoms with Crippen molar-refractivity contribution in [1.29, 1.82) is 0 Å². The topological polar surface area (TPSA) is 55.7 Å². The summed E-state index contributed by atoms with van der Waals surface area (Å²) in [6.07, 6.45) is 2.02. The Hall–Kier alpha value is -1.41. The van der Waals surface area contributed by atoms with Crippen LogP contribution in [-0.4, -0.2) is 23.7 Å². The Morgan fingerprint density at radius 3 is 2.62 bits per heavy atom. The summed E-state index contributed by atoms with van der Waals surface area (Å²) in [6.45, 7) is 8.27. The molecule has 0 bridgehead atoms. The quantitative estimate of drug-likeness (QED) is 0.285. The molecule has 0 radical (unpaired) electrons. The predicted octanol–water partition coefficient (Wildman–Crippen LogP) is 1.22. The van der Waals surface area contributed by atoms with E-state index in [2.05, 4.69) is 11.6 Å². The molecular weight excluding hydrogens is 170 g/mol. The SMILES string of the molecule is C=CC(=O)OC(C)C(C)(C)N=C=O. The first-order chi connectivity index (χ1) is 5.94. The average molecular weight is 183 g/mol. The molecule has 1 unspecified atom stereocenters. The van der Waals surface area contributed by atoms with E-state index in [1.54, 1.807) is 20.8 Å². The minimum absolute atomic E-state index is 0.487. The summed E-state index contributed by atoms with van der Waals surface area (Å²) in [5.74, 6) is -0.526. The van der Waals surface area contributed by atoms with Crippen molar-refractivity contribution in [2.24, 2.45) is 4.99 Å². The summed E-state index contributed by atoms with van der Waals surface area (Å²) in [4.78, 5) is 24.3. The van der Waals surface area contributed by atoms with Crippen LogP contribution in [0.25, 0.3) is 0 Å². The van der Waals surface area contributed by atoms with Crippen molar-refractivity contribution < 1.29 is 14.3 Å². The summed E-state index contributed by atoms with van der Waals surface area (Å²) >= 11 is 0. The summed E-state index contributed by atoms with van der Waals surface area (Å²) < 4.78 is 4.89. The molecule has 0 spiro atoms. The molecule has 0 aromatic carbocycles. The average Bonchev–Trinajstić information content (AvgIpc) is 2.04. The molecule has 72 valence electrons. The summed E-state index contributed by atoms with van der Waals surface area (Å²) in [6, 6.07) is 0. The number of carbonyl (C=O) groups is 1. The predicted molar refractivity (Wildman–Crippen MR) is 48.0 cm³/mol. The number of esters is 1. The smallest absolute Gasteiger partial charge is 0.330 e. The van der Waals surface area contributed by atoms with E-state index in [1.807, 2.05) is 0 Å². The Kier molecular flexibility index (Phi) is 4.08. The normalized spacial score (nSPS) is 12.5. The number of hydrogen-bond donors (Lipinski definition) is 0. The minimum atomic E-state index is -0.750. The molecule has 0 aliphatic rings. The van der Waals surface area contributed by atoms with Crippen LogP contribution in [0.2, 0.25) is 0 Å². The Bertz CT molecular complexity index is 252. The molecule has 0 saturated carbocycles. The van der Waals surface area contributed by atoms with Crippen molar-refractivity contribution in [2.45, 2.75) is 32.4 Å². The second kappa shape index (κ2) is 4.58. The molecule has 0 rings (SSSR count). The van der Waals surface area contributed by atoms with Gasteiger partial charge in [0, 0.05) is 6.08 Å². The Labute approximate surface area is 77.3 Å². The van der Waals surface area contributed by atoms with Gasteiger partial charge in [-0.05, 0) is 20.8 Å². The molecule has 0 saturated heterocycles. The molecule has 1 atom stereocenters. The molecule has 0 heterocycles. The molecule has 0 amide bonds. The fourth-order valence-electron chi connectivity index (χ4n) is 0.575. The summed E-state index contributed by atoms with van der Waals surface area (Å²) in [5, 5.41) is 0. The Morgan fingerprint density at radius 2 is 2.23 bits per heavy atom. The van der Waals surface area contributed by atoms with Crippen LogP contribution in [0.1, 0.15) is 20.8 Å². The van der Waals surface area contributed by atoms with E-state index in [0.717, 1.165) is 6.08 Å². The van der Waals surface area contributed by atoms with Crippen molar-refractivity contribution in [2.75, 3.05) is 0 Å². The second-order valence-corrected chi connectivity index (χ2v) is 3.14. The third-order valence-electron chi connectivity index (χ3n) is 1.79. The van der Waals surface area contributed by atoms with Crippen LogP contribution in [0.4, 0.5) is 0 Å². The van der Waals surface area contributed by atoms with Gasteiger partial charge in [0.25, 0.3) is 0 Å². The molecule has 0 aromatic rings. The van der Waals surface area contributed by atoms with Gasteiger partial charge in [-0.2, -0.15) is 4.99 Å². The minimum Gasteiger partial charge on any atom is -0.457 e. The van der Waals surface area contributed by atoms with E-state index in [1.165, 1.54) is 6.08 Å². The molecule has 0 fully saturated rings. The van der Waals surface area contributed by atoms with Crippen LogP contribution in [0.3, 0.4) is 0 Å². The molecule has 4 heteroatoms. The lowest BCUT2D eigenvalue weighted by atomic mass is 10.00. The second-order valence-electron chi connectivity index (χ2n) is 3.14. The van der Waals surface area contributed by atoms with Crippen LogP contribution < -0.4 is 0 Å². The zero-order valence-electron chi connectivity index (χ0n) is 8.03. The first-order valence-corrected chi connectivity index (χ1v) is 3.86. The Balaban J connectivity index is 4.40. The van der Waals surface area contributed by atoms with E-state index < -0.39 is 17.6 Å². The molecule has 13 heavy (non-hydrogen) atoms. The number of isocyanates is 1. The van der Waals surface area contributed by atoms with Gasteiger partial charge in [-0.15, -0.1) is 0 Å². The number of hydrogen-bond acceptors (Lipinski definition) is 4. The summed E-state index contributed by atoms with van der Waals surface area (Å²) in [7, 11) is 0. The van der Waals surface area contributed by atoms with Crippen molar-refractivity contribution in [3.8, 4) is 0 Å². The number of rotatable bonds is 4. The first kappa shape index (κ1) is 11.6. The highest BCUT2D eigenvalue weighted by Crippen LogP contribution is 2.16. The monoisotopic (exact) mass is 183 g/mol. The van der Waals surface area contributed by atoms with Gasteiger partial charge in [0.15, 0.2) is 0 Å². The third-order valence-corrected chi connectivity index (χ3v) is 1.79.